The summed E-state index contributed by atoms with van der Waals surface area (Å²) < 4.78 is 0. The highest BCUT2D eigenvalue weighted by Gasteiger charge is 2.28. The Morgan fingerprint density at radius 1 is 1.41 bits per heavy atom. The predicted molar refractivity (Wildman–Crippen MR) is 69.6 cm³/mol. The third-order valence-corrected chi connectivity index (χ3v) is 3.77. The van der Waals surface area contributed by atoms with E-state index in [4.69, 9.17) is 0 Å². The number of rotatable bonds is 4. The second kappa shape index (κ2) is 6.10. The molecule has 17 heavy (non-hydrogen) atoms. The topological polar surface area (TPSA) is 37.8 Å². The van der Waals surface area contributed by atoms with Crippen molar-refractivity contribution in [1.82, 2.24) is 15.3 Å². The van der Waals surface area contributed by atoms with Crippen LogP contribution < -0.4 is 5.32 Å². The van der Waals surface area contributed by atoms with Crippen molar-refractivity contribution in [3.05, 3.63) is 24.3 Å². The Labute approximate surface area is 104 Å². The molecule has 0 saturated heterocycles. The van der Waals surface area contributed by atoms with Crippen LogP contribution in [0.15, 0.2) is 18.6 Å². The van der Waals surface area contributed by atoms with E-state index in [2.05, 4.69) is 29.1 Å². The summed E-state index contributed by atoms with van der Waals surface area (Å²) in [6.07, 6.45) is 10.8. The monoisotopic (exact) mass is 233 g/mol. The van der Waals surface area contributed by atoms with Gasteiger partial charge in [0.1, 0.15) is 0 Å². The maximum absolute atomic E-state index is 4.47. The van der Waals surface area contributed by atoms with Crippen LogP contribution in [0.3, 0.4) is 0 Å². The van der Waals surface area contributed by atoms with Crippen molar-refractivity contribution in [2.24, 2.45) is 11.8 Å². The molecule has 94 valence electrons. The summed E-state index contributed by atoms with van der Waals surface area (Å²) in [5, 5.41) is 3.59. The predicted octanol–water partition coefficient (Wildman–Crippen LogP) is 2.95. The van der Waals surface area contributed by atoms with Crippen LogP contribution in [0.5, 0.6) is 0 Å². The molecular weight excluding hydrogens is 210 g/mol. The van der Waals surface area contributed by atoms with E-state index in [1.807, 2.05) is 6.20 Å². The van der Waals surface area contributed by atoms with Crippen LogP contribution in [0.4, 0.5) is 0 Å². The number of nitrogens with zero attached hydrogens (tertiary/aromatic N) is 2. The minimum Gasteiger partial charge on any atom is -0.309 e. The Kier molecular flexibility index (Phi) is 4.49. The standard InChI is InChI=1S/C14H23N3/c1-3-16-14(13-10-15-7-8-17-13)12-6-4-5-11(2)9-12/h7-8,10-12,14,16H,3-6,9H2,1-2H3. The molecule has 1 aliphatic carbocycles. The summed E-state index contributed by atoms with van der Waals surface area (Å²) in [5.41, 5.74) is 1.11. The summed E-state index contributed by atoms with van der Waals surface area (Å²) in [6.45, 7) is 5.52. The molecule has 3 unspecified atom stereocenters. The van der Waals surface area contributed by atoms with Gasteiger partial charge in [-0.1, -0.05) is 26.7 Å². The Morgan fingerprint density at radius 3 is 2.94 bits per heavy atom. The molecule has 0 bridgehead atoms. The first kappa shape index (κ1) is 12.5. The van der Waals surface area contributed by atoms with Gasteiger partial charge < -0.3 is 5.32 Å². The zero-order valence-electron chi connectivity index (χ0n) is 10.9. The highest BCUT2D eigenvalue weighted by molar-refractivity contribution is 5.05. The molecule has 0 spiro atoms. The molecule has 1 saturated carbocycles. The summed E-state index contributed by atoms with van der Waals surface area (Å²) in [6, 6.07) is 0.386. The summed E-state index contributed by atoms with van der Waals surface area (Å²) in [4.78, 5) is 8.67. The lowest BCUT2D eigenvalue weighted by Gasteiger charge is -2.33. The zero-order valence-corrected chi connectivity index (χ0v) is 10.9. The molecule has 1 aromatic heterocycles. The van der Waals surface area contributed by atoms with Gasteiger partial charge in [-0.15, -0.1) is 0 Å². The second-order valence-electron chi connectivity index (χ2n) is 5.20. The summed E-state index contributed by atoms with van der Waals surface area (Å²) in [7, 11) is 0. The lowest BCUT2D eigenvalue weighted by Crippen LogP contribution is -2.31. The van der Waals surface area contributed by atoms with E-state index in [-0.39, 0.29) is 0 Å². The van der Waals surface area contributed by atoms with E-state index < -0.39 is 0 Å². The fraction of sp³-hybridized carbons (Fsp3) is 0.714. The van der Waals surface area contributed by atoms with Gasteiger partial charge in [0.05, 0.1) is 11.7 Å². The molecule has 1 aliphatic rings. The van der Waals surface area contributed by atoms with Gasteiger partial charge in [-0.3, -0.25) is 9.97 Å². The number of nitrogens with one attached hydrogen (secondary N) is 1. The van der Waals surface area contributed by atoms with Gasteiger partial charge in [0, 0.05) is 18.6 Å². The average molecular weight is 233 g/mol. The van der Waals surface area contributed by atoms with Gasteiger partial charge in [-0.25, -0.2) is 0 Å². The first-order chi connectivity index (χ1) is 8.31. The smallest absolute Gasteiger partial charge is 0.0758 e. The van der Waals surface area contributed by atoms with Crippen molar-refractivity contribution in [3.63, 3.8) is 0 Å². The molecule has 0 radical (unpaired) electrons. The molecule has 2 rings (SSSR count). The van der Waals surface area contributed by atoms with Crippen LogP contribution >= 0.6 is 0 Å². The SMILES string of the molecule is CCNC(c1cnccn1)C1CCCC(C)C1. The Bertz CT molecular complexity index is 325. The van der Waals surface area contributed by atoms with Gasteiger partial charge >= 0.3 is 0 Å². The molecule has 3 atom stereocenters. The third kappa shape index (κ3) is 3.25. The molecule has 1 heterocycles. The van der Waals surface area contributed by atoms with Gasteiger partial charge in [0.25, 0.3) is 0 Å². The number of hydrogen-bond donors (Lipinski definition) is 1. The molecule has 0 aliphatic heterocycles. The number of hydrogen-bond acceptors (Lipinski definition) is 3. The highest BCUT2D eigenvalue weighted by Crippen LogP contribution is 2.36. The van der Waals surface area contributed by atoms with E-state index in [0.717, 1.165) is 24.1 Å². The summed E-state index contributed by atoms with van der Waals surface area (Å²) >= 11 is 0. The normalized spacial score (nSPS) is 26.7. The van der Waals surface area contributed by atoms with Gasteiger partial charge in [0.15, 0.2) is 0 Å². The first-order valence-corrected chi connectivity index (χ1v) is 6.80. The summed E-state index contributed by atoms with van der Waals surface area (Å²) in [5.74, 6) is 1.57. The van der Waals surface area contributed by atoms with Gasteiger partial charge in [0.2, 0.25) is 0 Å². The second-order valence-corrected chi connectivity index (χ2v) is 5.20. The Morgan fingerprint density at radius 2 is 2.29 bits per heavy atom. The molecule has 3 heteroatoms. The van der Waals surface area contributed by atoms with Crippen molar-refractivity contribution in [3.8, 4) is 0 Å². The van der Waals surface area contributed by atoms with Crippen LogP contribution in [-0.2, 0) is 0 Å². The maximum Gasteiger partial charge on any atom is 0.0758 e. The van der Waals surface area contributed by atoms with Crippen molar-refractivity contribution >= 4 is 0 Å². The Hall–Kier alpha value is -0.960. The fourth-order valence-electron chi connectivity index (χ4n) is 2.99. The van der Waals surface area contributed by atoms with Gasteiger partial charge in [-0.2, -0.15) is 0 Å². The Balaban J connectivity index is 2.11. The largest absolute Gasteiger partial charge is 0.309 e. The molecule has 0 aromatic carbocycles. The zero-order chi connectivity index (χ0) is 12.1. The van der Waals surface area contributed by atoms with Crippen molar-refractivity contribution in [1.29, 1.82) is 0 Å². The van der Waals surface area contributed by atoms with E-state index in [1.165, 1.54) is 25.7 Å². The van der Waals surface area contributed by atoms with E-state index in [9.17, 15) is 0 Å². The first-order valence-electron chi connectivity index (χ1n) is 6.80. The van der Waals surface area contributed by atoms with Gasteiger partial charge in [-0.05, 0) is 31.2 Å². The molecule has 0 amide bonds. The lowest BCUT2D eigenvalue weighted by molar-refractivity contribution is 0.222. The molecule has 3 nitrogen and oxygen atoms in total. The maximum atomic E-state index is 4.47. The molecule has 1 fully saturated rings. The van der Waals surface area contributed by atoms with E-state index >= 15 is 0 Å². The lowest BCUT2D eigenvalue weighted by atomic mass is 9.78. The highest BCUT2D eigenvalue weighted by atomic mass is 15.0. The molecular formula is C14H23N3. The van der Waals surface area contributed by atoms with E-state index in [0.29, 0.717) is 6.04 Å². The van der Waals surface area contributed by atoms with E-state index in [1.54, 1.807) is 12.4 Å². The van der Waals surface area contributed by atoms with Crippen molar-refractivity contribution < 1.29 is 0 Å². The van der Waals surface area contributed by atoms with Crippen LogP contribution in [0.1, 0.15) is 51.3 Å². The van der Waals surface area contributed by atoms with Crippen LogP contribution in [0, 0.1) is 11.8 Å². The minimum absolute atomic E-state index is 0.386. The molecule has 1 aromatic rings. The number of aromatic nitrogens is 2. The van der Waals surface area contributed by atoms with Crippen molar-refractivity contribution in [2.45, 2.75) is 45.6 Å². The minimum atomic E-state index is 0.386. The average Bonchev–Trinajstić information content (AvgIpc) is 2.37. The fourth-order valence-corrected chi connectivity index (χ4v) is 2.99. The van der Waals surface area contributed by atoms with Crippen molar-refractivity contribution in [2.75, 3.05) is 6.54 Å². The quantitative estimate of drug-likeness (QED) is 0.869. The van der Waals surface area contributed by atoms with Crippen LogP contribution in [0.2, 0.25) is 0 Å². The molecule has 1 N–H and O–H groups in total. The van der Waals surface area contributed by atoms with Crippen LogP contribution in [-0.4, -0.2) is 16.5 Å². The van der Waals surface area contributed by atoms with Crippen LogP contribution in [0.25, 0.3) is 0 Å². The third-order valence-electron chi connectivity index (χ3n) is 3.77.